The first-order valence-electron chi connectivity index (χ1n) is 15.7. The third-order valence-electron chi connectivity index (χ3n) is 5.91. The Kier molecular flexibility index (Phi) is 39.6. The largest absolute Gasteiger partial charge is 1.00 e. The molecule has 0 amide bonds. The lowest BCUT2D eigenvalue weighted by Crippen LogP contribution is -3.00. The van der Waals surface area contributed by atoms with Crippen LogP contribution in [0.3, 0.4) is 0 Å². The van der Waals surface area contributed by atoms with Crippen LogP contribution in [-0.2, 0) is 4.74 Å². The molecule has 0 atom stereocenters. The Morgan fingerprint density at radius 1 is 0.460 bits per heavy atom. The van der Waals surface area contributed by atoms with Crippen LogP contribution in [0.25, 0.3) is 0 Å². The van der Waals surface area contributed by atoms with Gasteiger partial charge in [0.05, 0.1) is 103 Å². The van der Waals surface area contributed by atoms with Gasteiger partial charge in [-0.1, -0.05) is 28.3 Å². The second-order valence-corrected chi connectivity index (χ2v) is 16.1. The Morgan fingerprint density at radius 2 is 0.820 bits per heavy atom. The molecule has 304 valence electrons. The maximum atomic E-state index is 5.97. The summed E-state index contributed by atoms with van der Waals surface area (Å²) in [7, 11) is 26.2. The highest BCUT2D eigenvalue weighted by molar-refractivity contribution is 5.46. The van der Waals surface area contributed by atoms with Crippen LogP contribution in [-0.4, -0.2) is 131 Å². The number of likely N-dealkylation sites (N-methyl/N-ethyl adjacent to an activating group) is 2. The highest BCUT2D eigenvalue weighted by Crippen LogP contribution is 2.23. The molecule has 0 bridgehead atoms. The predicted molar refractivity (Wildman–Crippen MR) is 210 cm³/mol. The molecule has 2 aromatic rings. The van der Waals surface area contributed by atoms with Gasteiger partial charge >= 0.3 is 0 Å². The van der Waals surface area contributed by atoms with Gasteiger partial charge in [-0.25, -0.2) is 0 Å². The molecule has 7 nitrogen and oxygen atoms in total. The van der Waals surface area contributed by atoms with Crippen molar-refractivity contribution in [2.45, 2.75) is 88.2 Å². The summed E-state index contributed by atoms with van der Waals surface area (Å²) in [5, 5.41) is 0. The number of hydrogen-bond acceptors (Lipinski definition) is 3. The normalized spacial score (nSPS) is 10.8. The average Bonchev–Trinajstić information content (AvgIpc) is 2.76. The minimum absolute atomic E-state index is 0. The van der Waals surface area contributed by atoms with Gasteiger partial charge in [0.25, 0.3) is 0 Å². The van der Waals surface area contributed by atoms with Gasteiger partial charge in [-0.2, -0.15) is 0 Å². The summed E-state index contributed by atoms with van der Waals surface area (Å²) in [6.45, 7) is 14.5. The topological polar surface area (TPSA) is 27.7 Å². The number of quaternary nitrogens is 4. The fourth-order valence-corrected chi connectivity index (χ4v) is 4.24. The minimum atomic E-state index is 0. The Morgan fingerprint density at radius 3 is 1.12 bits per heavy atom. The van der Waals surface area contributed by atoms with Crippen molar-refractivity contribution in [1.29, 1.82) is 0 Å². The minimum Gasteiger partial charge on any atom is -1.00 e. The number of benzene rings is 2. The molecule has 50 heavy (non-hydrogen) atoms. The zero-order chi connectivity index (χ0) is 33.8. The molecule has 2 aromatic carbocycles. The van der Waals surface area contributed by atoms with Crippen molar-refractivity contribution in [3.63, 3.8) is 0 Å². The molecular formula is C39H82Cl4N4O3. The van der Waals surface area contributed by atoms with Gasteiger partial charge < -0.3 is 72.8 Å². The zero-order valence-electron chi connectivity index (χ0n) is 32.9. The molecular weight excluding hydrogens is 714 g/mol. The highest BCUT2D eigenvalue weighted by Gasteiger charge is 2.25. The van der Waals surface area contributed by atoms with Crippen LogP contribution in [0, 0.1) is 0 Å². The van der Waals surface area contributed by atoms with E-state index in [4.69, 9.17) is 14.2 Å². The van der Waals surface area contributed by atoms with Crippen LogP contribution in [0.4, 0.5) is 11.4 Å². The summed E-state index contributed by atoms with van der Waals surface area (Å²) in [6, 6.07) is 16.5. The van der Waals surface area contributed by atoms with Gasteiger partial charge in [0.15, 0.2) is 6.10 Å². The van der Waals surface area contributed by atoms with Crippen LogP contribution in [0.2, 0.25) is 0 Å². The molecule has 0 aromatic heterocycles. The van der Waals surface area contributed by atoms with E-state index in [-0.39, 0.29) is 84.1 Å². The quantitative estimate of drug-likeness (QED) is 0.209. The fourth-order valence-electron chi connectivity index (χ4n) is 4.24. The first-order valence-corrected chi connectivity index (χ1v) is 15.7. The predicted octanol–water partition coefficient (Wildman–Crippen LogP) is -3.54. The van der Waals surface area contributed by atoms with Crippen LogP contribution in [0.1, 0.15) is 63.8 Å². The number of ether oxygens (including phenoxy) is 3. The van der Waals surface area contributed by atoms with Crippen molar-refractivity contribution >= 4 is 11.4 Å². The van der Waals surface area contributed by atoms with E-state index in [9.17, 15) is 0 Å². The van der Waals surface area contributed by atoms with E-state index in [1.807, 2.05) is 52.0 Å². The van der Waals surface area contributed by atoms with E-state index in [0.717, 1.165) is 42.5 Å². The summed E-state index contributed by atoms with van der Waals surface area (Å²) in [5.41, 5.74) is 2.53. The lowest BCUT2D eigenvalue weighted by Gasteiger charge is -2.34. The van der Waals surface area contributed by atoms with Gasteiger partial charge in [-0.05, 0) is 65.8 Å². The Bertz CT molecular complexity index is 1030. The molecule has 0 radical (unpaired) electrons. The van der Waals surface area contributed by atoms with Crippen LogP contribution in [0.5, 0.6) is 11.5 Å². The maximum Gasteiger partial charge on any atom is 0.155 e. The Labute approximate surface area is 337 Å². The molecule has 0 saturated carbocycles. The molecule has 0 N–H and O–H groups in total. The average molecular weight is 797 g/mol. The highest BCUT2D eigenvalue weighted by atomic mass is 35.5. The Balaban J connectivity index is -0.0000000824. The lowest BCUT2D eigenvalue weighted by molar-refractivity contribution is -0.896. The van der Waals surface area contributed by atoms with E-state index in [0.29, 0.717) is 12.2 Å². The van der Waals surface area contributed by atoms with E-state index < -0.39 is 0 Å². The standard InChI is InChI=1S/C12H30N2O.2C12H20NO.3CH4.4ClH/c1-11(2)15-12(9-13(3,4)5)10-14(6,7)8;1-10(2)14-12-8-6-11(7-9-12)13(3,4)5;1-10(2)14-12-8-6-7-11(9-12)13(3,4)5;;;;;;;/h11-12H,9-10H2,1-8H3;2*6-10H,1-5H3;3*1H4;4*1H/q+2;2*+1;;;;;;;/p-4. The van der Waals surface area contributed by atoms with Gasteiger partial charge in [0, 0.05) is 18.2 Å². The van der Waals surface area contributed by atoms with Crippen LogP contribution in [0.15, 0.2) is 48.5 Å². The van der Waals surface area contributed by atoms with E-state index >= 15 is 0 Å². The second-order valence-electron chi connectivity index (χ2n) is 16.1. The smallest absolute Gasteiger partial charge is 0.155 e. The molecule has 0 unspecified atom stereocenters. The lowest BCUT2D eigenvalue weighted by atomic mass is 10.2. The van der Waals surface area contributed by atoms with Gasteiger partial charge in [0.2, 0.25) is 0 Å². The number of rotatable bonds is 12. The molecule has 0 heterocycles. The summed E-state index contributed by atoms with van der Waals surface area (Å²) in [5.74, 6) is 1.89. The molecule has 0 aliphatic carbocycles. The van der Waals surface area contributed by atoms with Gasteiger partial charge in [0.1, 0.15) is 36.0 Å². The van der Waals surface area contributed by atoms with Gasteiger partial charge in [-0.3, -0.25) is 8.97 Å². The van der Waals surface area contributed by atoms with Crippen molar-refractivity contribution in [1.82, 2.24) is 8.97 Å². The van der Waals surface area contributed by atoms with Crippen molar-refractivity contribution in [3.8, 4) is 11.5 Å². The SMILES string of the molecule is C.C.C.CC(C)OC(C[N+](C)(C)C)C[N+](C)(C)C.CC(C)Oc1ccc([N+](C)(C)C)cc1.CC(C)Oc1cccc([N+](C)(C)C)c1.[Cl-].[Cl-].[Cl-].[Cl-]. The van der Waals surface area contributed by atoms with Crippen molar-refractivity contribution < 1.29 is 72.8 Å². The summed E-state index contributed by atoms with van der Waals surface area (Å²) < 4.78 is 20.7. The monoisotopic (exact) mass is 795 g/mol. The van der Waals surface area contributed by atoms with Crippen molar-refractivity contribution in [2.24, 2.45) is 0 Å². The molecule has 0 saturated heterocycles. The third-order valence-corrected chi connectivity index (χ3v) is 5.91. The number of hydrogen-bond donors (Lipinski definition) is 0. The molecule has 11 heteroatoms. The summed E-state index contributed by atoms with van der Waals surface area (Å²) in [6.07, 6.45) is 1.13. The maximum absolute atomic E-state index is 5.97. The first kappa shape index (κ1) is 67.2. The molecule has 2 rings (SSSR count). The van der Waals surface area contributed by atoms with Crippen molar-refractivity contribution in [2.75, 3.05) is 97.7 Å². The van der Waals surface area contributed by atoms with Crippen LogP contribution < -0.4 is 68.1 Å². The number of nitrogens with zero attached hydrogens (tertiary/aromatic N) is 4. The molecule has 0 spiro atoms. The fraction of sp³-hybridized carbons (Fsp3) is 0.692. The number of halogens is 4. The Hall–Kier alpha value is -1.000. The van der Waals surface area contributed by atoms with E-state index in [1.165, 1.54) is 11.4 Å². The first-order chi connectivity index (χ1) is 19.3. The summed E-state index contributed by atoms with van der Waals surface area (Å²) in [4.78, 5) is 0. The van der Waals surface area contributed by atoms with E-state index in [2.05, 4.69) is 123 Å². The molecule has 0 aliphatic heterocycles. The molecule has 0 aliphatic rings. The van der Waals surface area contributed by atoms with Gasteiger partial charge in [-0.15, -0.1) is 0 Å². The summed E-state index contributed by atoms with van der Waals surface area (Å²) >= 11 is 0. The van der Waals surface area contributed by atoms with E-state index in [1.54, 1.807) is 0 Å². The van der Waals surface area contributed by atoms with Crippen molar-refractivity contribution in [3.05, 3.63) is 48.5 Å². The molecule has 0 fully saturated rings. The zero-order valence-corrected chi connectivity index (χ0v) is 35.9. The second kappa shape index (κ2) is 29.5. The third kappa shape index (κ3) is 35.4. The van der Waals surface area contributed by atoms with Crippen LogP contribution >= 0.6 is 0 Å².